The van der Waals surface area contributed by atoms with Gasteiger partial charge in [0.25, 0.3) is 0 Å². The lowest BCUT2D eigenvalue weighted by Crippen LogP contribution is -2.49. The molecule has 1 atom stereocenters. The molecule has 0 saturated carbocycles. The van der Waals surface area contributed by atoms with E-state index in [0.717, 1.165) is 31.7 Å². The van der Waals surface area contributed by atoms with Crippen LogP contribution in [0.15, 0.2) is 12.3 Å². The topological polar surface area (TPSA) is 64.2 Å². The number of hydrogen-bond acceptors (Lipinski definition) is 3. The molecule has 1 aliphatic rings. The van der Waals surface area contributed by atoms with Crippen molar-refractivity contribution in [3.05, 3.63) is 12.3 Å². The van der Waals surface area contributed by atoms with Crippen LogP contribution < -0.4 is 10.6 Å². The van der Waals surface area contributed by atoms with Crippen molar-refractivity contribution in [1.29, 1.82) is 0 Å². The van der Waals surface area contributed by atoms with Crippen molar-refractivity contribution in [2.24, 2.45) is 5.73 Å². The summed E-state index contributed by atoms with van der Waals surface area (Å²) in [6, 6.07) is 1.51. The van der Waals surface area contributed by atoms with Crippen LogP contribution in [0, 0.1) is 0 Å². The lowest BCUT2D eigenvalue weighted by atomic mass is 10.1. The van der Waals surface area contributed by atoms with Gasteiger partial charge in [0.05, 0.1) is 12.2 Å². The summed E-state index contributed by atoms with van der Waals surface area (Å²) in [6.45, 7) is 3.52. The van der Waals surface area contributed by atoms with Crippen LogP contribution in [-0.2, 0) is 11.3 Å². The summed E-state index contributed by atoms with van der Waals surface area (Å²) >= 11 is 0. The second kappa shape index (κ2) is 4.02. The number of aromatic nitrogens is 2. The number of hydrogen-bond donors (Lipinski definition) is 1. The molecule has 1 aromatic heterocycles. The van der Waals surface area contributed by atoms with Gasteiger partial charge in [-0.05, 0) is 19.8 Å². The summed E-state index contributed by atoms with van der Waals surface area (Å²) in [5.41, 5.74) is 5.75. The number of rotatable bonds is 2. The van der Waals surface area contributed by atoms with Gasteiger partial charge in [-0.3, -0.25) is 9.69 Å². The van der Waals surface area contributed by atoms with E-state index in [0.29, 0.717) is 0 Å². The summed E-state index contributed by atoms with van der Waals surface area (Å²) in [5.74, 6) is 0.870. The van der Waals surface area contributed by atoms with E-state index < -0.39 is 0 Å². The van der Waals surface area contributed by atoms with Crippen LogP contribution in [0.3, 0.4) is 0 Å². The van der Waals surface area contributed by atoms with Crippen LogP contribution in [-0.4, -0.2) is 28.3 Å². The first-order valence-corrected chi connectivity index (χ1v) is 5.32. The van der Waals surface area contributed by atoms with E-state index in [9.17, 15) is 4.79 Å². The number of amides is 1. The van der Waals surface area contributed by atoms with Gasteiger partial charge in [-0.15, -0.1) is 0 Å². The first-order valence-electron chi connectivity index (χ1n) is 5.32. The van der Waals surface area contributed by atoms with Crippen LogP contribution >= 0.6 is 0 Å². The number of aryl methyl sites for hydroxylation is 1. The van der Waals surface area contributed by atoms with E-state index in [4.69, 9.17) is 5.73 Å². The third-order valence-electron chi connectivity index (χ3n) is 2.75. The summed E-state index contributed by atoms with van der Waals surface area (Å²) in [7, 11) is 0. The van der Waals surface area contributed by atoms with Crippen molar-refractivity contribution < 1.29 is 4.79 Å². The van der Waals surface area contributed by atoms with E-state index in [2.05, 4.69) is 5.10 Å². The maximum Gasteiger partial charge on any atom is 0.245 e. The van der Waals surface area contributed by atoms with Gasteiger partial charge in [0.2, 0.25) is 5.91 Å². The van der Waals surface area contributed by atoms with Crippen molar-refractivity contribution in [1.82, 2.24) is 9.78 Å². The first-order chi connectivity index (χ1) is 7.24. The third-order valence-corrected chi connectivity index (χ3v) is 2.75. The molecule has 2 heterocycles. The molecule has 1 unspecified atom stereocenters. The predicted molar refractivity (Wildman–Crippen MR) is 57.5 cm³/mol. The molecule has 1 saturated heterocycles. The molecule has 2 rings (SSSR count). The van der Waals surface area contributed by atoms with Gasteiger partial charge in [0.15, 0.2) is 0 Å². The lowest BCUT2D eigenvalue weighted by molar-refractivity contribution is -0.120. The smallest absolute Gasteiger partial charge is 0.245 e. The molecule has 1 amide bonds. The van der Waals surface area contributed by atoms with Gasteiger partial charge in [-0.2, -0.15) is 5.10 Å². The SMILES string of the molecule is CCn1nccc1N1CCCC(N)C1=O. The van der Waals surface area contributed by atoms with Crippen molar-refractivity contribution in [2.45, 2.75) is 32.4 Å². The zero-order valence-electron chi connectivity index (χ0n) is 8.89. The number of carbonyl (C=O) groups is 1. The Morgan fingerprint density at radius 1 is 1.67 bits per heavy atom. The molecular formula is C10H16N4O. The molecule has 0 spiro atoms. The van der Waals surface area contributed by atoms with Crippen molar-refractivity contribution in [2.75, 3.05) is 11.4 Å². The van der Waals surface area contributed by atoms with Crippen LogP contribution in [0.4, 0.5) is 5.82 Å². The Morgan fingerprint density at radius 2 is 2.47 bits per heavy atom. The molecule has 0 radical (unpaired) electrons. The van der Waals surface area contributed by atoms with E-state index in [1.807, 2.05) is 17.7 Å². The average molecular weight is 208 g/mol. The molecule has 0 aromatic carbocycles. The highest BCUT2D eigenvalue weighted by Crippen LogP contribution is 2.19. The summed E-state index contributed by atoms with van der Waals surface area (Å²) in [6.07, 6.45) is 3.46. The molecule has 5 nitrogen and oxygen atoms in total. The lowest BCUT2D eigenvalue weighted by Gasteiger charge is -2.30. The fourth-order valence-corrected chi connectivity index (χ4v) is 1.93. The molecule has 0 aliphatic carbocycles. The van der Waals surface area contributed by atoms with E-state index in [1.54, 1.807) is 11.1 Å². The minimum absolute atomic E-state index is 0.0106. The summed E-state index contributed by atoms with van der Waals surface area (Å²) in [4.78, 5) is 13.6. The zero-order chi connectivity index (χ0) is 10.8. The molecular weight excluding hydrogens is 192 g/mol. The van der Waals surface area contributed by atoms with Crippen LogP contribution in [0.25, 0.3) is 0 Å². The quantitative estimate of drug-likeness (QED) is 0.763. The number of piperidine rings is 1. The minimum atomic E-state index is -0.348. The Labute approximate surface area is 88.8 Å². The van der Waals surface area contributed by atoms with E-state index in [-0.39, 0.29) is 11.9 Å². The minimum Gasteiger partial charge on any atom is -0.320 e. The average Bonchev–Trinajstić information content (AvgIpc) is 2.70. The second-order valence-corrected chi connectivity index (χ2v) is 3.74. The van der Waals surface area contributed by atoms with Gasteiger partial charge in [0.1, 0.15) is 5.82 Å². The zero-order valence-corrected chi connectivity index (χ0v) is 8.89. The van der Waals surface area contributed by atoms with Gasteiger partial charge < -0.3 is 5.73 Å². The normalized spacial score (nSPS) is 22.1. The third kappa shape index (κ3) is 1.74. The highest BCUT2D eigenvalue weighted by Gasteiger charge is 2.28. The fourth-order valence-electron chi connectivity index (χ4n) is 1.93. The highest BCUT2D eigenvalue weighted by molar-refractivity contribution is 5.97. The highest BCUT2D eigenvalue weighted by atomic mass is 16.2. The molecule has 0 bridgehead atoms. The van der Waals surface area contributed by atoms with E-state index in [1.165, 1.54) is 0 Å². The Bertz CT molecular complexity index is 360. The molecule has 82 valence electrons. The van der Waals surface area contributed by atoms with Crippen molar-refractivity contribution in [3.8, 4) is 0 Å². The van der Waals surface area contributed by atoms with Gasteiger partial charge in [-0.25, -0.2) is 4.68 Å². The largest absolute Gasteiger partial charge is 0.320 e. The number of carbonyl (C=O) groups excluding carboxylic acids is 1. The molecule has 15 heavy (non-hydrogen) atoms. The van der Waals surface area contributed by atoms with Crippen molar-refractivity contribution >= 4 is 11.7 Å². The van der Waals surface area contributed by atoms with Crippen LogP contribution in [0.2, 0.25) is 0 Å². The van der Waals surface area contributed by atoms with Crippen molar-refractivity contribution in [3.63, 3.8) is 0 Å². The summed E-state index contributed by atoms with van der Waals surface area (Å²) < 4.78 is 1.82. The first kappa shape index (κ1) is 10.2. The molecule has 1 aliphatic heterocycles. The number of anilines is 1. The molecule has 2 N–H and O–H groups in total. The monoisotopic (exact) mass is 208 g/mol. The van der Waals surface area contributed by atoms with Crippen LogP contribution in [0.1, 0.15) is 19.8 Å². The fraction of sp³-hybridized carbons (Fsp3) is 0.600. The Hall–Kier alpha value is -1.36. The Balaban J connectivity index is 2.26. The maximum atomic E-state index is 11.9. The van der Waals surface area contributed by atoms with Gasteiger partial charge in [0, 0.05) is 19.2 Å². The number of nitrogens with two attached hydrogens (primary N) is 1. The van der Waals surface area contributed by atoms with Crippen LogP contribution in [0.5, 0.6) is 0 Å². The second-order valence-electron chi connectivity index (χ2n) is 3.74. The molecule has 1 aromatic rings. The number of nitrogens with zero attached hydrogens (tertiary/aromatic N) is 3. The standard InChI is InChI=1S/C10H16N4O/c1-2-14-9(5-6-12-14)13-7-3-4-8(11)10(13)15/h5-6,8H,2-4,7,11H2,1H3. The Kier molecular flexibility index (Phi) is 2.73. The molecule has 5 heteroatoms. The van der Waals surface area contributed by atoms with Gasteiger partial charge in [-0.1, -0.05) is 0 Å². The Morgan fingerprint density at radius 3 is 3.20 bits per heavy atom. The van der Waals surface area contributed by atoms with Gasteiger partial charge >= 0.3 is 0 Å². The summed E-state index contributed by atoms with van der Waals surface area (Å²) in [5, 5.41) is 4.15. The molecule has 1 fully saturated rings. The van der Waals surface area contributed by atoms with E-state index >= 15 is 0 Å². The predicted octanol–water partition coefficient (Wildman–Crippen LogP) is 0.357. The maximum absolute atomic E-state index is 11.9.